The van der Waals surface area contributed by atoms with Crippen LogP contribution in [0.3, 0.4) is 0 Å². The molecule has 0 aliphatic rings. The quantitative estimate of drug-likeness (QED) is 0.334. The molecule has 0 heterocycles. The topological polar surface area (TPSA) is 17.1 Å². The highest BCUT2D eigenvalue weighted by Gasteiger charge is 2.01. The van der Waals surface area contributed by atoms with Gasteiger partial charge in [-0.3, -0.25) is 0 Å². The molecular formula is C8H15ClO. The van der Waals surface area contributed by atoms with Gasteiger partial charge in [-0.2, -0.15) is 0 Å². The molecule has 1 unspecified atom stereocenters. The molecule has 10 heavy (non-hydrogen) atoms. The van der Waals surface area contributed by atoms with Gasteiger partial charge in [-0.15, -0.1) is 11.6 Å². The van der Waals surface area contributed by atoms with Crippen LogP contribution in [0.15, 0.2) is 0 Å². The number of aldehydes is 1. The first-order valence-corrected chi connectivity index (χ1v) is 4.32. The summed E-state index contributed by atoms with van der Waals surface area (Å²) in [6.45, 7) is 2.16. The highest BCUT2D eigenvalue weighted by molar-refractivity contribution is 6.21. The average molecular weight is 163 g/mol. The molecule has 0 amide bonds. The lowest BCUT2D eigenvalue weighted by molar-refractivity contribution is -0.107. The summed E-state index contributed by atoms with van der Waals surface area (Å²) in [5.41, 5.74) is 0. The third-order valence-corrected chi connectivity index (χ3v) is 1.87. The summed E-state index contributed by atoms with van der Waals surface area (Å²) in [4.78, 5) is 9.96. The van der Waals surface area contributed by atoms with Gasteiger partial charge >= 0.3 is 0 Å². The Bertz CT molecular complexity index is 83.3. The lowest BCUT2D eigenvalue weighted by atomic mass is 10.1. The van der Waals surface area contributed by atoms with Gasteiger partial charge in [0.1, 0.15) is 6.29 Å². The molecule has 0 saturated heterocycles. The number of unbranched alkanes of at least 4 members (excludes halogenated alkanes) is 2. The summed E-state index contributed by atoms with van der Waals surface area (Å²) >= 11 is 5.79. The van der Waals surface area contributed by atoms with Crippen LogP contribution >= 0.6 is 11.6 Å². The summed E-state index contributed by atoms with van der Waals surface area (Å²) in [5, 5.41) is 0.0732. The zero-order valence-electron chi connectivity index (χ0n) is 6.48. The fraction of sp³-hybridized carbons (Fsp3) is 0.875. The van der Waals surface area contributed by atoms with Gasteiger partial charge in [0, 0.05) is 11.8 Å². The Hall–Kier alpha value is -0.0400. The second-order valence-electron chi connectivity index (χ2n) is 2.50. The minimum absolute atomic E-state index is 0.0732. The fourth-order valence-corrected chi connectivity index (χ4v) is 1.07. The molecule has 0 aromatic rings. The molecule has 1 nitrogen and oxygen atoms in total. The first-order chi connectivity index (χ1) is 4.81. The van der Waals surface area contributed by atoms with Crippen molar-refractivity contribution in [3.05, 3.63) is 0 Å². The number of hydrogen-bond acceptors (Lipinski definition) is 1. The molecule has 0 N–H and O–H groups in total. The third-order valence-electron chi connectivity index (χ3n) is 1.47. The van der Waals surface area contributed by atoms with Gasteiger partial charge < -0.3 is 4.79 Å². The number of rotatable bonds is 6. The predicted molar refractivity (Wildman–Crippen MR) is 44.5 cm³/mol. The first-order valence-electron chi connectivity index (χ1n) is 3.89. The van der Waals surface area contributed by atoms with Gasteiger partial charge in [0.05, 0.1) is 0 Å². The molecule has 0 aliphatic heterocycles. The summed E-state index contributed by atoms with van der Waals surface area (Å²) in [5.74, 6) is 0. The van der Waals surface area contributed by atoms with Gasteiger partial charge in [0.15, 0.2) is 0 Å². The molecule has 0 saturated carbocycles. The Morgan fingerprint density at radius 1 is 1.50 bits per heavy atom. The van der Waals surface area contributed by atoms with Crippen LogP contribution in [0.4, 0.5) is 0 Å². The summed E-state index contributed by atoms with van der Waals surface area (Å²) in [6, 6.07) is 0. The van der Waals surface area contributed by atoms with E-state index in [2.05, 4.69) is 6.92 Å². The van der Waals surface area contributed by atoms with Crippen LogP contribution in [-0.4, -0.2) is 11.7 Å². The van der Waals surface area contributed by atoms with E-state index in [1.807, 2.05) is 0 Å². The monoisotopic (exact) mass is 162 g/mol. The van der Waals surface area contributed by atoms with Crippen molar-refractivity contribution in [3.8, 4) is 0 Å². The maximum Gasteiger partial charge on any atom is 0.121 e. The number of halogens is 1. The van der Waals surface area contributed by atoms with Crippen molar-refractivity contribution < 1.29 is 4.79 Å². The fourth-order valence-electron chi connectivity index (χ4n) is 0.838. The van der Waals surface area contributed by atoms with Crippen LogP contribution in [0.5, 0.6) is 0 Å². The summed E-state index contributed by atoms with van der Waals surface area (Å²) < 4.78 is 0. The Kier molecular flexibility index (Phi) is 7.04. The summed E-state index contributed by atoms with van der Waals surface area (Å²) in [7, 11) is 0. The summed E-state index contributed by atoms with van der Waals surface area (Å²) in [6.07, 6.45) is 5.97. The van der Waals surface area contributed by atoms with Crippen LogP contribution in [-0.2, 0) is 4.79 Å². The molecule has 0 aromatic heterocycles. The Labute approximate surface area is 67.8 Å². The highest BCUT2D eigenvalue weighted by atomic mass is 35.5. The van der Waals surface area contributed by atoms with E-state index in [9.17, 15) is 4.79 Å². The van der Waals surface area contributed by atoms with E-state index in [0.717, 1.165) is 19.1 Å². The van der Waals surface area contributed by atoms with Gasteiger partial charge in [-0.1, -0.05) is 26.2 Å². The Balaban J connectivity index is 3.04. The lowest BCUT2D eigenvalue weighted by Gasteiger charge is -2.02. The van der Waals surface area contributed by atoms with Crippen LogP contribution in [0, 0.1) is 0 Å². The maximum atomic E-state index is 9.96. The molecule has 0 aromatic carbocycles. The van der Waals surface area contributed by atoms with Gasteiger partial charge in [-0.25, -0.2) is 0 Å². The standard InChI is InChI=1S/C8H15ClO/c1-2-3-4-5-8(9)6-7-10/h7-8H,2-6H2,1H3. The van der Waals surface area contributed by atoms with Crippen molar-refractivity contribution >= 4 is 17.9 Å². The molecule has 0 spiro atoms. The maximum absolute atomic E-state index is 9.96. The molecule has 0 rings (SSSR count). The second-order valence-corrected chi connectivity index (χ2v) is 3.11. The van der Waals surface area contributed by atoms with Crippen molar-refractivity contribution in [2.45, 2.75) is 44.4 Å². The number of hydrogen-bond donors (Lipinski definition) is 0. The van der Waals surface area contributed by atoms with Gasteiger partial charge in [0.25, 0.3) is 0 Å². The Morgan fingerprint density at radius 2 is 2.20 bits per heavy atom. The van der Waals surface area contributed by atoms with E-state index >= 15 is 0 Å². The minimum atomic E-state index is 0.0732. The highest BCUT2D eigenvalue weighted by Crippen LogP contribution is 2.10. The van der Waals surface area contributed by atoms with Crippen molar-refractivity contribution in [1.29, 1.82) is 0 Å². The van der Waals surface area contributed by atoms with E-state index in [1.54, 1.807) is 0 Å². The zero-order chi connectivity index (χ0) is 7.82. The first kappa shape index (κ1) is 9.96. The van der Waals surface area contributed by atoms with Crippen LogP contribution in [0.25, 0.3) is 0 Å². The van der Waals surface area contributed by atoms with Crippen molar-refractivity contribution in [1.82, 2.24) is 0 Å². The van der Waals surface area contributed by atoms with Crippen LogP contribution in [0.1, 0.15) is 39.0 Å². The molecule has 0 aliphatic carbocycles. The SMILES string of the molecule is CCCCCC(Cl)CC=O. The van der Waals surface area contributed by atoms with E-state index in [4.69, 9.17) is 11.6 Å². The smallest absolute Gasteiger partial charge is 0.121 e. The molecule has 2 heteroatoms. The minimum Gasteiger partial charge on any atom is -0.303 e. The normalized spacial score (nSPS) is 13.0. The molecular weight excluding hydrogens is 148 g/mol. The number of alkyl halides is 1. The molecule has 0 fully saturated rings. The number of carbonyl (C=O) groups excluding carboxylic acids is 1. The number of carbonyl (C=O) groups is 1. The van der Waals surface area contributed by atoms with Crippen molar-refractivity contribution in [2.75, 3.05) is 0 Å². The van der Waals surface area contributed by atoms with Crippen molar-refractivity contribution in [2.24, 2.45) is 0 Å². The predicted octanol–water partition coefficient (Wildman–Crippen LogP) is 2.76. The van der Waals surface area contributed by atoms with E-state index in [0.29, 0.717) is 6.42 Å². The van der Waals surface area contributed by atoms with Crippen LogP contribution < -0.4 is 0 Å². The zero-order valence-corrected chi connectivity index (χ0v) is 7.23. The van der Waals surface area contributed by atoms with E-state index < -0.39 is 0 Å². The van der Waals surface area contributed by atoms with Gasteiger partial charge in [0.2, 0.25) is 0 Å². The Morgan fingerprint density at radius 3 is 2.70 bits per heavy atom. The molecule has 60 valence electrons. The third kappa shape index (κ3) is 6.09. The molecule has 0 bridgehead atoms. The van der Waals surface area contributed by atoms with Gasteiger partial charge in [-0.05, 0) is 6.42 Å². The van der Waals surface area contributed by atoms with E-state index in [1.165, 1.54) is 12.8 Å². The molecule has 1 atom stereocenters. The largest absolute Gasteiger partial charge is 0.303 e. The average Bonchev–Trinajstić information content (AvgIpc) is 1.89. The van der Waals surface area contributed by atoms with Crippen LogP contribution in [0.2, 0.25) is 0 Å². The molecule has 0 radical (unpaired) electrons. The lowest BCUT2D eigenvalue weighted by Crippen LogP contribution is -1.98. The van der Waals surface area contributed by atoms with E-state index in [-0.39, 0.29) is 5.38 Å². The second kappa shape index (κ2) is 7.07. The van der Waals surface area contributed by atoms with Crippen molar-refractivity contribution in [3.63, 3.8) is 0 Å².